The zero-order valence-electron chi connectivity index (χ0n) is 29.6. The molecule has 3 N–H and O–H groups in total. The molecule has 8 rings (SSSR count). The molecule has 0 radical (unpaired) electrons. The minimum absolute atomic E-state index is 0.199. The van der Waals surface area contributed by atoms with Crippen molar-refractivity contribution < 1.29 is 19.4 Å². The predicted octanol–water partition coefficient (Wildman–Crippen LogP) is 5.28. The van der Waals surface area contributed by atoms with Crippen LogP contribution in [0.15, 0.2) is 30.3 Å². The Morgan fingerprint density at radius 2 is 1.57 bits per heavy atom. The van der Waals surface area contributed by atoms with Gasteiger partial charge in [0, 0.05) is 55.9 Å². The van der Waals surface area contributed by atoms with Crippen LogP contribution < -0.4 is 10.6 Å². The molecule has 11 nitrogen and oxygen atoms in total. The van der Waals surface area contributed by atoms with E-state index in [-0.39, 0.29) is 17.9 Å². The number of fused-ring (bicyclic) bond motifs is 2. The number of amides is 1. The number of aromatic nitrogens is 2. The molecule has 5 heterocycles. The lowest BCUT2D eigenvalue weighted by Crippen LogP contribution is -2.64. The van der Waals surface area contributed by atoms with Crippen LogP contribution in [0.5, 0.6) is 5.75 Å². The van der Waals surface area contributed by atoms with Crippen molar-refractivity contribution in [3.8, 4) is 17.0 Å². The molecular weight excluding hydrogens is 618 g/mol. The second-order valence-electron chi connectivity index (χ2n) is 16.9. The van der Waals surface area contributed by atoms with E-state index >= 15 is 0 Å². The molecule has 266 valence electrons. The van der Waals surface area contributed by atoms with Crippen molar-refractivity contribution in [1.82, 2.24) is 24.9 Å². The van der Waals surface area contributed by atoms with Gasteiger partial charge in [0.15, 0.2) is 5.82 Å². The van der Waals surface area contributed by atoms with E-state index in [1.807, 2.05) is 49.9 Å². The first-order chi connectivity index (χ1) is 23.5. The number of nitrogens with zero attached hydrogens (tertiary/aromatic N) is 6. The molecule has 2 bridgehead atoms. The van der Waals surface area contributed by atoms with Gasteiger partial charge in [0.25, 0.3) is 0 Å². The number of carbonyl (C=O) groups is 1. The molecule has 4 aliphatic heterocycles. The lowest BCUT2D eigenvalue weighted by atomic mass is 9.59. The van der Waals surface area contributed by atoms with Crippen LogP contribution in [0.1, 0.15) is 85.0 Å². The number of phenolic OH excluding ortho intramolecular Hbond substituents is 1. The van der Waals surface area contributed by atoms with Crippen LogP contribution in [0.25, 0.3) is 11.3 Å². The maximum atomic E-state index is 12.4. The number of anilines is 2. The van der Waals surface area contributed by atoms with Crippen molar-refractivity contribution >= 4 is 17.6 Å². The molecule has 6 aliphatic rings. The lowest BCUT2D eigenvalue weighted by Gasteiger charge is -2.59. The highest BCUT2D eigenvalue weighted by molar-refractivity contribution is 5.74. The molecule has 2 aromatic rings. The highest BCUT2D eigenvalue weighted by Crippen LogP contribution is 2.54. The van der Waals surface area contributed by atoms with Crippen LogP contribution in [-0.4, -0.2) is 117 Å². The number of rotatable bonds is 6. The van der Waals surface area contributed by atoms with E-state index in [0.717, 1.165) is 57.5 Å². The number of aromatic hydroxyl groups is 1. The topological polar surface area (TPSA) is 121 Å². The monoisotopic (exact) mass is 673 g/mol. The summed E-state index contributed by atoms with van der Waals surface area (Å²) in [6.45, 7) is 11.6. The largest absolute Gasteiger partial charge is 0.507 e. The summed E-state index contributed by atoms with van der Waals surface area (Å²) in [6.07, 6.45) is 12.4. The van der Waals surface area contributed by atoms with Gasteiger partial charge < -0.3 is 35.0 Å². The standard InChI is InChI=1S/C38H55N7O4/c1-37(2,3)49-36(47)43-14-10-29(11-15-43)48-30-18-27(19-30)42-16-12-38(13-17-42)21-28(22-38)45-25-8-9-26(45)24-44(23-25)33-20-32(40-41-35(33)39)31-6-4-5-7-34(31)46/h4-7,20,25-30,46H,8-19,21-24H2,1-3H3,(H2,39,41). The van der Waals surface area contributed by atoms with Crippen molar-refractivity contribution in [1.29, 1.82) is 0 Å². The summed E-state index contributed by atoms with van der Waals surface area (Å²) in [5, 5.41) is 19.0. The number of phenols is 1. The van der Waals surface area contributed by atoms with Gasteiger partial charge in [-0.3, -0.25) is 4.90 Å². The van der Waals surface area contributed by atoms with E-state index in [9.17, 15) is 9.90 Å². The maximum Gasteiger partial charge on any atom is 0.410 e. The van der Waals surface area contributed by atoms with Crippen LogP contribution in [0, 0.1) is 5.41 Å². The molecule has 1 spiro atoms. The normalized spacial score (nSPS) is 29.5. The number of carbonyl (C=O) groups excluding carboxylic acids is 1. The van der Waals surface area contributed by atoms with Crippen LogP contribution in [0.3, 0.4) is 0 Å². The number of likely N-dealkylation sites (tertiary alicyclic amines) is 2. The number of piperidine rings is 2. The summed E-state index contributed by atoms with van der Waals surface area (Å²) >= 11 is 0. The maximum absolute atomic E-state index is 12.4. The summed E-state index contributed by atoms with van der Waals surface area (Å²) in [5.41, 5.74) is 8.74. The van der Waals surface area contributed by atoms with Crippen LogP contribution >= 0.6 is 0 Å². The van der Waals surface area contributed by atoms with Gasteiger partial charge in [-0.25, -0.2) is 4.79 Å². The smallest absolute Gasteiger partial charge is 0.410 e. The van der Waals surface area contributed by atoms with E-state index in [1.54, 1.807) is 6.07 Å². The number of benzene rings is 1. The van der Waals surface area contributed by atoms with Crippen molar-refractivity contribution in [3.63, 3.8) is 0 Å². The summed E-state index contributed by atoms with van der Waals surface area (Å²) in [6, 6.07) is 11.8. The highest BCUT2D eigenvalue weighted by atomic mass is 16.6. The zero-order chi connectivity index (χ0) is 33.9. The van der Waals surface area contributed by atoms with Crippen LogP contribution in [0.4, 0.5) is 16.3 Å². The van der Waals surface area contributed by atoms with Gasteiger partial charge in [-0.05, 0) is 122 Å². The molecule has 1 aromatic carbocycles. The molecule has 2 saturated carbocycles. The van der Waals surface area contributed by atoms with E-state index in [2.05, 4.69) is 24.9 Å². The van der Waals surface area contributed by atoms with Crippen molar-refractivity contribution in [2.45, 2.75) is 127 Å². The number of nitrogens with two attached hydrogens (primary N) is 1. The molecule has 49 heavy (non-hydrogen) atoms. The SMILES string of the molecule is CC(C)(C)OC(=O)N1CCC(OC2CC(N3CCC4(CC3)CC(N3C5CCC3CN(c3cc(-c6ccccc6O)nnc3N)C5)C4)C2)CC1. The fourth-order valence-electron chi connectivity index (χ4n) is 9.84. The Morgan fingerprint density at radius 1 is 0.898 bits per heavy atom. The van der Waals surface area contributed by atoms with Crippen LogP contribution in [-0.2, 0) is 9.47 Å². The lowest BCUT2D eigenvalue weighted by molar-refractivity contribution is -0.119. The third-order valence-electron chi connectivity index (χ3n) is 12.5. The Labute approximate surface area is 291 Å². The Hall–Kier alpha value is -3.15. The van der Waals surface area contributed by atoms with E-state index in [0.29, 0.717) is 52.8 Å². The number of piperazine rings is 1. The fourth-order valence-corrected chi connectivity index (χ4v) is 9.84. The summed E-state index contributed by atoms with van der Waals surface area (Å²) in [4.78, 5) is 22.3. The Kier molecular flexibility index (Phi) is 8.67. The average Bonchev–Trinajstić information content (AvgIpc) is 3.29. The zero-order valence-corrected chi connectivity index (χ0v) is 29.6. The summed E-state index contributed by atoms with van der Waals surface area (Å²) < 4.78 is 12.0. The molecule has 2 atom stereocenters. The summed E-state index contributed by atoms with van der Waals surface area (Å²) in [5.74, 6) is 0.671. The molecule has 2 unspecified atom stereocenters. The minimum Gasteiger partial charge on any atom is -0.507 e. The van der Waals surface area contributed by atoms with Gasteiger partial charge in [-0.2, -0.15) is 0 Å². The van der Waals surface area contributed by atoms with Gasteiger partial charge in [0.1, 0.15) is 11.4 Å². The van der Waals surface area contributed by atoms with Gasteiger partial charge in [-0.1, -0.05) is 12.1 Å². The van der Waals surface area contributed by atoms with Gasteiger partial charge in [-0.15, -0.1) is 10.2 Å². The fraction of sp³-hybridized carbons (Fsp3) is 0.711. The second-order valence-corrected chi connectivity index (χ2v) is 16.9. The molecule has 4 saturated heterocycles. The quantitative estimate of drug-likeness (QED) is 0.419. The predicted molar refractivity (Wildman–Crippen MR) is 189 cm³/mol. The number of nitrogen functional groups attached to an aromatic ring is 1. The number of hydrogen-bond acceptors (Lipinski definition) is 10. The molecule has 2 aliphatic carbocycles. The number of hydrogen-bond donors (Lipinski definition) is 2. The van der Waals surface area contributed by atoms with Gasteiger partial charge in [0.05, 0.1) is 23.6 Å². The molecule has 6 fully saturated rings. The van der Waals surface area contributed by atoms with Crippen LogP contribution in [0.2, 0.25) is 0 Å². The summed E-state index contributed by atoms with van der Waals surface area (Å²) in [7, 11) is 0. The van der Waals surface area contributed by atoms with E-state index < -0.39 is 5.60 Å². The minimum atomic E-state index is -0.451. The Bertz CT molecular complexity index is 1490. The molecule has 1 amide bonds. The highest BCUT2D eigenvalue weighted by Gasteiger charge is 2.54. The molecular formula is C38H55N7O4. The van der Waals surface area contributed by atoms with Crippen molar-refractivity contribution in [3.05, 3.63) is 30.3 Å². The first-order valence-electron chi connectivity index (χ1n) is 18.8. The second kappa shape index (κ2) is 12.9. The van der Waals surface area contributed by atoms with Crippen molar-refractivity contribution in [2.24, 2.45) is 5.41 Å². The molecule has 11 heteroatoms. The van der Waals surface area contributed by atoms with E-state index in [4.69, 9.17) is 15.2 Å². The number of ether oxygens (including phenoxy) is 2. The number of para-hydroxylation sites is 1. The first kappa shape index (κ1) is 33.0. The third-order valence-corrected chi connectivity index (χ3v) is 12.5. The van der Waals surface area contributed by atoms with Gasteiger partial charge >= 0.3 is 6.09 Å². The Morgan fingerprint density at radius 3 is 2.22 bits per heavy atom. The first-order valence-corrected chi connectivity index (χ1v) is 18.8. The van der Waals surface area contributed by atoms with Gasteiger partial charge in [0.2, 0.25) is 0 Å². The Balaban J connectivity index is 0.775. The third kappa shape index (κ3) is 6.70. The van der Waals surface area contributed by atoms with E-state index in [1.165, 1.54) is 51.6 Å². The molecule has 1 aromatic heterocycles. The van der Waals surface area contributed by atoms with Crippen molar-refractivity contribution in [2.75, 3.05) is 49.9 Å². The average molecular weight is 674 g/mol.